The summed E-state index contributed by atoms with van der Waals surface area (Å²) in [5, 5.41) is 1.09. The highest BCUT2D eigenvalue weighted by atomic mass is 19.1. The van der Waals surface area contributed by atoms with Gasteiger partial charge in [0.1, 0.15) is 5.82 Å². The summed E-state index contributed by atoms with van der Waals surface area (Å²) < 4.78 is 16.4. The van der Waals surface area contributed by atoms with Crippen LogP contribution in [0.3, 0.4) is 0 Å². The Morgan fingerprint density at radius 3 is 2.77 bits per heavy atom. The third-order valence-electron chi connectivity index (χ3n) is 5.83. The largest absolute Gasteiger partial charge is 0.344 e. The predicted molar refractivity (Wildman–Crippen MR) is 106 cm³/mol. The number of aromatic nitrogens is 1. The highest BCUT2D eigenvalue weighted by Crippen LogP contribution is 2.33. The fourth-order valence-electron chi connectivity index (χ4n) is 4.41. The normalized spacial score (nSPS) is 17.6. The smallest absolute Gasteiger partial charge is 0.123 e. The fraction of sp³-hybridized carbons (Fsp3) is 0.391. The number of benzene rings is 2. The van der Waals surface area contributed by atoms with Crippen LogP contribution in [0.15, 0.2) is 42.5 Å². The van der Waals surface area contributed by atoms with Crippen molar-refractivity contribution in [2.75, 3.05) is 6.54 Å². The van der Waals surface area contributed by atoms with Crippen LogP contribution in [-0.4, -0.2) is 22.1 Å². The van der Waals surface area contributed by atoms with Crippen molar-refractivity contribution >= 4 is 10.9 Å². The number of aryl methyl sites for hydroxylation is 3. The maximum absolute atomic E-state index is 13.9. The molecular formula is C23H27FN2. The van der Waals surface area contributed by atoms with Gasteiger partial charge in [0.25, 0.3) is 0 Å². The standard InChI is InChI=1S/C23H27FN2/c1-4-25-15-21-20-14-19(24)8-9-22(20)26(23(21)13-17(25)3)11-10-18-7-5-6-16(2)12-18/h5-9,12,14,17H,4,10-11,13,15H2,1-3H3. The number of hydrogen-bond donors (Lipinski definition) is 0. The van der Waals surface area contributed by atoms with Crippen LogP contribution in [-0.2, 0) is 25.9 Å². The Balaban J connectivity index is 1.75. The molecular weight excluding hydrogens is 323 g/mol. The molecule has 2 aromatic carbocycles. The van der Waals surface area contributed by atoms with Gasteiger partial charge in [-0.3, -0.25) is 4.90 Å². The van der Waals surface area contributed by atoms with Crippen molar-refractivity contribution in [2.45, 2.75) is 52.7 Å². The summed E-state index contributed by atoms with van der Waals surface area (Å²) in [6, 6.07) is 14.5. The number of fused-ring (bicyclic) bond motifs is 3. The summed E-state index contributed by atoms with van der Waals surface area (Å²) in [5.41, 5.74) is 6.56. The number of nitrogens with zero attached hydrogens (tertiary/aromatic N) is 2. The van der Waals surface area contributed by atoms with Gasteiger partial charge in [0.2, 0.25) is 0 Å². The highest BCUT2D eigenvalue weighted by Gasteiger charge is 2.27. The Morgan fingerprint density at radius 2 is 2.00 bits per heavy atom. The van der Waals surface area contributed by atoms with Crippen molar-refractivity contribution in [1.82, 2.24) is 9.47 Å². The van der Waals surface area contributed by atoms with Gasteiger partial charge in [-0.05, 0) is 56.1 Å². The molecule has 0 fully saturated rings. The molecule has 1 aromatic heterocycles. The van der Waals surface area contributed by atoms with Gasteiger partial charge >= 0.3 is 0 Å². The van der Waals surface area contributed by atoms with E-state index in [9.17, 15) is 4.39 Å². The molecule has 2 nitrogen and oxygen atoms in total. The number of rotatable bonds is 4. The minimum atomic E-state index is -0.141. The molecule has 0 radical (unpaired) electrons. The van der Waals surface area contributed by atoms with E-state index < -0.39 is 0 Å². The van der Waals surface area contributed by atoms with Gasteiger partial charge in [0.05, 0.1) is 0 Å². The van der Waals surface area contributed by atoms with E-state index in [1.54, 1.807) is 12.1 Å². The molecule has 0 N–H and O–H groups in total. The summed E-state index contributed by atoms with van der Waals surface area (Å²) in [4.78, 5) is 2.48. The summed E-state index contributed by atoms with van der Waals surface area (Å²) in [5.74, 6) is -0.141. The van der Waals surface area contributed by atoms with Gasteiger partial charge in [-0.15, -0.1) is 0 Å². The summed E-state index contributed by atoms with van der Waals surface area (Å²) in [6.45, 7) is 9.55. The van der Waals surface area contributed by atoms with E-state index in [0.717, 1.165) is 37.9 Å². The van der Waals surface area contributed by atoms with Gasteiger partial charge in [-0.1, -0.05) is 36.8 Å². The lowest BCUT2D eigenvalue weighted by atomic mass is 9.99. The first-order valence-electron chi connectivity index (χ1n) is 9.66. The van der Waals surface area contributed by atoms with E-state index in [1.165, 1.54) is 27.9 Å². The van der Waals surface area contributed by atoms with Gasteiger partial charge in [0.15, 0.2) is 0 Å². The van der Waals surface area contributed by atoms with Crippen LogP contribution in [0.1, 0.15) is 36.2 Å². The molecule has 0 spiro atoms. The maximum atomic E-state index is 13.9. The lowest BCUT2D eigenvalue weighted by molar-refractivity contribution is 0.192. The molecule has 0 saturated carbocycles. The van der Waals surface area contributed by atoms with Crippen molar-refractivity contribution < 1.29 is 4.39 Å². The van der Waals surface area contributed by atoms with E-state index in [1.807, 2.05) is 6.07 Å². The minimum Gasteiger partial charge on any atom is -0.344 e. The lowest BCUT2D eigenvalue weighted by Gasteiger charge is -2.33. The van der Waals surface area contributed by atoms with Crippen LogP contribution in [0.5, 0.6) is 0 Å². The van der Waals surface area contributed by atoms with Crippen LogP contribution in [0.25, 0.3) is 10.9 Å². The van der Waals surface area contributed by atoms with E-state index in [4.69, 9.17) is 0 Å². The first-order chi connectivity index (χ1) is 12.6. The molecule has 1 atom stereocenters. The summed E-state index contributed by atoms with van der Waals surface area (Å²) in [7, 11) is 0. The minimum absolute atomic E-state index is 0.141. The van der Waals surface area contributed by atoms with Gasteiger partial charge in [-0.25, -0.2) is 4.39 Å². The first-order valence-corrected chi connectivity index (χ1v) is 9.66. The molecule has 1 unspecified atom stereocenters. The monoisotopic (exact) mass is 350 g/mol. The molecule has 0 amide bonds. The van der Waals surface area contributed by atoms with E-state index in [-0.39, 0.29) is 5.82 Å². The Bertz CT molecular complexity index is 941. The molecule has 3 heteroatoms. The van der Waals surface area contributed by atoms with E-state index in [0.29, 0.717) is 6.04 Å². The zero-order valence-corrected chi connectivity index (χ0v) is 15.9. The molecule has 0 aliphatic carbocycles. The third kappa shape index (κ3) is 3.05. The molecule has 26 heavy (non-hydrogen) atoms. The van der Waals surface area contributed by atoms with Crippen molar-refractivity contribution in [3.8, 4) is 0 Å². The number of halogens is 1. The van der Waals surface area contributed by atoms with Crippen molar-refractivity contribution in [3.05, 3.63) is 70.7 Å². The Kier molecular flexibility index (Phi) is 4.58. The van der Waals surface area contributed by atoms with Gasteiger partial charge in [0, 0.05) is 42.1 Å². The Hall–Kier alpha value is -2.13. The number of hydrogen-bond acceptors (Lipinski definition) is 1. The topological polar surface area (TPSA) is 8.17 Å². The van der Waals surface area contributed by atoms with E-state index in [2.05, 4.69) is 54.5 Å². The van der Waals surface area contributed by atoms with Crippen molar-refractivity contribution in [2.24, 2.45) is 0 Å². The molecule has 136 valence electrons. The predicted octanol–water partition coefficient (Wildman–Crippen LogP) is 5.10. The van der Waals surface area contributed by atoms with Gasteiger partial charge in [-0.2, -0.15) is 0 Å². The van der Waals surface area contributed by atoms with Crippen LogP contribution in [0.2, 0.25) is 0 Å². The zero-order valence-electron chi connectivity index (χ0n) is 15.9. The quantitative estimate of drug-likeness (QED) is 0.636. The Morgan fingerprint density at radius 1 is 1.15 bits per heavy atom. The fourth-order valence-corrected chi connectivity index (χ4v) is 4.41. The van der Waals surface area contributed by atoms with Crippen LogP contribution < -0.4 is 0 Å². The molecule has 1 aliphatic heterocycles. The van der Waals surface area contributed by atoms with Crippen molar-refractivity contribution in [3.63, 3.8) is 0 Å². The summed E-state index contributed by atoms with van der Waals surface area (Å²) >= 11 is 0. The molecule has 0 bridgehead atoms. The third-order valence-corrected chi connectivity index (χ3v) is 5.83. The second kappa shape index (κ2) is 6.88. The second-order valence-electron chi connectivity index (χ2n) is 7.59. The van der Waals surface area contributed by atoms with Crippen LogP contribution >= 0.6 is 0 Å². The Labute approximate surface area is 155 Å². The molecule has 4 rings (SSSR count). The highest BCUT2D eigenvalue weighted by molar-refractivity contribution is 5.86. The SMILES string of the molecule is CCN1Cc2c(n(CCc3cccc(C)c3)c3ccc(F)cc23)CC1C. The summed E-state index contributed by atoms with van der Waals surface area (Å²) in [6.07, 6.45) is 2.04. The molecule has 3 aromatic rings. The van der Waals surface area contributed by atoms with Gasteiger partial charge < -0.3 is 4.57 Å². The average molecular weight is 350 g/mol. The van der Waals surface area contributed by atoms with E-state index >= 15 is 0 Å². The average Bonchev–Trinajstić information content (AvgIpc) is 2.91. The molecule has 1 aliphatic rings. The molecule has 0 saturated heterocycles. The number of likely N-dealkylation sites (N-methyl/N-ethyl adjacent to an activating group) is 1. The van der Waals surface area contributed by atoms with Crippen LogP contribution in [0, 0.1) is 12.7 Å². The lowest BCUT2D eigenvalue weighted by Crippen LogP contribution is -2.38. The second-order valence-corrected chi connectivity index (χ2v) is 7.59. The zero-order chi connectivity index (χ0) is 18.3. The first kappa shape index (κ1) is 17.3. The van der Waals surface area contributed by atoms with Crippen LogP contribution in [0.4, 0.5) is 4.39 Å². The van der Waals surface area contributed by atoms with Crippen molar-refractivity contribution in [1.29, 1.82) is 0 Å². The maximum Gasteiger partial charge on any atom is 0.123 e. The molecule has 2 heterocycles.